The summed E-state index contributed by atoms with van der Waals surface area (Å²) in [5.41, 5.74) is 2.48. The van der Waals surface area contributed by atoms with E-state index in [1.165, 1.54) is 6.07 Å². The van der Waals surface area contributed by atoms with Gasteiger partial charge in [-0.25, -0.2) is 8.42 Å². The number of fused-ring (bicyclic) bond motifs is 1. The van der Waals surface area contributed by atoms with E-state index in [0.717, 1.165) is 5.56 Å². The van der Waals surface area contributed by atoms with Crippen molar-refractivity contribution in [2.45, 2.75) is 24.7 Å². The number of rotatable bonds is 4. The van der Waals surface area contributed by atoms with E-state index in [-0.39, 0.29) is 10.8 Å². The number of anilines is 2. The van der Waals surface area contributed by atoms with Crippen LogP contribution < -0.4 is 10.0 Å². The molecule has 1 aliphatic rings. The van der Waals surface area contributed by atoms with Gasteiger partial charge >= 0.3 is 0 Å². The van der Waals surface area contributed by atoms with Crippen molar-refractivity contribution in [3.8, 4) is 11.4 Å². The van der Waals surface area contributed by atoms with Crippen LogP contribution in [0.25, 0.3) is 11.4 Å². The van der Waals surface area contributed by atoms with Gasteiger partial charge in [-0.05, 0) is 42.3 Å². The van der Waals surface area contributed by atoms with Crippen LogP contribution in [-0.4, -0.2) is 24.5 Å². The summed E-state index contributed by atoms with van der Waals surface area (Å²) in [6, 6.07) is 11.4. The Morgan fingerprint density at radius 1 is 1.15 bits per heavy atom. The topological polar surface area (TPSA) is 114 Å². The molecule has 0 saturated carbocycles. The number of carbonyl (C=O) groups is 1. The number of hydrogen-bond donors (Lipinski definition) is 2. The summed E-state index contributed by atoms with van der Waals surface area (Å²) in [5.74, 6) is 0.750. The van der Waals surface area contributed by atoms with E-state index in [4.69, 9.17) is 4.52 Å². The van der Waals surface area contributed by atoms with Crippen LogP contribution >= 0.6 is 0 Å². The van der Waals surface area contributed by atoms with E-state index in [1.54, 1.807) is 43.3 Å². The van der Waals surface area contributed by atoms with Crippen molar-refractivity contribution < 1.29 is 17.7 Å². The van der Waals surface area contributed by atoms with Gasteiger partial charge in [0, 0.05) is 30.3 Å². The number of carbonyl (C=O) groups excluding carboxylic acids is 1. The normalized spacial score (nSPS) is 13.7. The van der Waals surface area contributed by atoms with Crippen molar-refractivity contribution in [1.29, 1.82) is 0 Å². The molecule has 1 aromatic heterocycles. The summed E-state index contributed by atoms with van der Waals surface area (Å²) >= 11 is 0. The summed E-state index contributed by atoms with van der Waals surface area (Å²) in [5, 5.41) is 6.58. The maximum Gasteiger partial charge on any atom is 0.261 e. The number of hydrogen-bond acceptors (Lipinski definition) is 6. The van der Waals surface area contributed by atoms with Crippen molar-refractivity contribution in [2.75, 3.05) is 10.0 Å². The predicted molar refractivity (Wildman–Crippen MR) is 98.7 cm³/mol. The lowest BCUT2D eigenvalue weighted by atomic mass is 10.0. The number of amides is 1. The zero-order chi connectivity index (χ0) is 19.0. The second-order valence-electron chi connectivity index (χ2n) is 6.19. The minimum atomic E-state index is -3.78. The molecule has 0 atom stereocenters. The molecule has 9 heteroatoms. The Hall–Kier alpha value is -3.20. The highest BCUT2D eigenvalue weighted by Gasteiger charge is 2.20. The van der Waals surface area contributed by atoms with Gasteiger partial charge in [-0.1, -0.05) is 17.3 Å². The Morgan fingerprint density at radius 3 is 2.78 bits per heavy atom. The third-order valence-corrected chi connectivity index (χ3v) is 5.56. The highest BCUT2D eigenvalue weighted by molar-refractivity contribution is 7.92. The number of aryl methyl sites for hydroxylation is 2. The molecule has 8 nitrogen and oxygen atoms in total. The molecule has 27 heavy (non-hydrogen) atoms. The standard InChI is InChI=1S/C18H16N4O4S/c1-11-19-18(21-26-11)13-3-2-4-14(9-13)22-27(24,25)15-6-7-16-12(10-15)5-8-17(23)20-16/h2-4,6-7,9-10,22H,5,8H2,1H3,(H,20,23). The fourth-order valence-electron chi connectivity index (χ4n) is 2.88. The van der Waals surface area contributed by atoms with Gasteiger partial charge in [-0.2, -0.15) is 4.98 Å². The Bertz CT molecular complexity index is 1140. The lowest BCUT2D eigenvalue weighted by Crippen LogP contribution is -2.20. The fourth-order valence-corrected chi connectivity index (χ4v) is 3.98. The van der Waals surface area contributed by atoms with Gasteiger partial charge in [0.15, 0.2) is 0 Å². The summed E-state index contributed by atoms with van der Waals surface area (Å²) in [7, 11) is -3.78. The molecule has 0 saturated heterocycles. The van der Waals surface area contributed by atoms with Gasteiger partial charge in [0.05, 0.1) is 4.90 Å². The van der Waals surface area contributed by atoms with Gasteiger partial charge in [-0.3, -0.25) is 9.52 Å². The zero-order valence-corrected chi connectivity index (χ0v) is 15.2. The molecule has 2 aromatic carbocycles. The maximum atomic E-state index is 12.8. The summed E-state index contributed by atoms with van der Waals surface area (Å²) in [6.07, 6.45) is 0.854. The SMILES string of the molecule is Cc1nc(-c2cccc(NS(=O)(=O)c3ccc4c(c3)CCC(=O)N4)c2)no1. The Balaban J connectivity index is 1.61. The van der Waals surface area contributed by atoms with Crippen LogP contribution in [0.15, 0.2) is 51.9 Å². The molecular formula is C18H16N4O4S. The van der Waals surface area contributed by atoms with E-state index in [9.17, 15) is 13.2 Å². The van der Waals surface area contributed by atoms with Gasteiger partial charge in [0.2, 0.25) is 17.6 Å². The molecule has 138 valence electrons. The smallest absolute Gasteiger partial charge is 0.261 e. The van der Waals surface area contributed by atoms with Crippen LogP contribution in [0.1, 0.15) is 17.9 Å². The second kappa shape index (κ2) is 6.51. The molecule has 0 bridgehead atoms. The Labute approximate surface area is 155 Å². The van der Waals surface area contributed by atoms with Crippen LogP contribution in [-0.2, 0) is 21.2 Å². The number of sulfonamides is 1. The van der Waals surface area contributed by atoms with Crippen LogP contribution in [0.3, 0.4) is 0 Å². The van der Waals surface area contributed by atoms with Crippen LogP contribution in [0, 0.1) is 6.92 Å². The van der Waals surface area contributed by atoms with E-state index < -0.39 is 10.0 Å². The van der Waals surface area contributed by atoms with Crippen LogP contribution in [0.2, 0.25) is 0 Å². The van der Waals surface area contributed by atoms with E-state index in [0.29, 0.717) is 41.5 Å². The Kier molecular flexibility index (Phi) is 4.15. The molecule has 1 amide bonds. The molecule has 0 radical (unpaired) electrons. The van der Waals surface area contributed by atoms with Crippen molar-refractivity contribution in [3.63, 3.8) is 0 Å². The molecule has 0 unspecified atom stereocenters. The zero-order valence-electron chi connectivity index (χ0n) is 14.4. The second-order valence-corrected chi connectivity index (χ2v) is 7.87. The first-order chi connectivity index (χ1) is 12.9. The number of aromatic nitrogens is 2. The van der Waals surface area contributed by atoms with E-state index >= 15 is 0 Å². The third-order valence-electron chi connectivity index (χ3n) is 4.18. The first kappa shape index (κ1) is 17.2. The monoisotopic (exact) mass is 384 g/mol. The number of nitrogens with zero attached hydrogens (tertiary/aromatic N) is 2. The van der Waals surface area contributed by atoms with Crippen LogP contribution in [0.5, 0.6) is 0 Å². The van der Waals surface area contributed by atoms with Crippen LogP contribution in [0.4, 0.5) is 11.4 Å². The fraction of sp³-hybridized carbons (Fsp3) is 0.167. The molecule has 1 aliphatic heterocycles. The Morgan fingerprint density at radius 2 is 2.00 bits per heavy atom. The largest absolute Gasteiger partial charge is 0.339 e. The molecule has 0 aliphatic carbocycles. The van der Waals surface area contributed by atoms with Crippen molar-refractivity contribution in [2.24, 2.45) is 0 Å². The lowest BCUT2D eigenvalue weighted by Gasteiger charge is -2.18. The predicted octanol–water partition coefficient (Wildman–Crippen LogP) is 2.73. The maximum absolute atomic E-state index is 12.8. The first-order valence-corrected chi connectivity index (χ1v) is 9.75. The van der Waals surface area contributed by atoms with Gasteiger partial charge in [0.25, 0.3) is 10.0 Å². The minimum Gasteiger partial charge on any atom is -0.339 e. The molecule has 2 N–H and O–H groups in total. The first-order valence-electron chi connectivity index (χ1n) is 8.27. The highest BCUT2D eigenvalue weighted by atomic mass is 32.2. The molecule has 0 fully saturated rings. The minimum absolute atomic E-state index is 0.0650. The quantitative estimate of drug-likeness (QED) is 0.715. The number of nitrogens with one attached hydrogen (secondary N) is 2. The van der Waals surface area contributed by atoms with Gasteiger partial charge in [0.1, 0.15) is 0 Å². The average molecular weight is 384 g/mol. The van der Waals surface area contributed by atoms with Gasteiger partial charge < -0.3 is 9.84 Å². The molecular weight excluding hydrogens is 368 g/mol. The van der Waals surface area contributed by atoms with Crippen molar-refractivity contribution in [1.82, 2.24) is 10.1 Å². The number of benzene rings is 2. The average Bonchev–Trinajstić information content (AvgIpc) is 3.07. The lowest BCUT2D eigenvalue weighted by molar-refractivity contribution is -0.116. The molecule has 3 aromatic rings. The van der Waals surface area contributed by atoms with E-state index in [1.807, 2.05) is 0 Å². The van der Waals surface area contributed by atoms with Gasteiger partial charge in [-0.15, -0.1) is 0 Å². The molecule has 4 rings (SSSR count). The molecule has 0 spiro atoms. The molecule has 2 heterocycles. The van der Waals surface area contributed by atoms with Crippen molar-refractivity contribution >= 4 is 27.3 Å². The van der Waals surface area contributed by atoms with Crippen molar-refractivity contribution in [3.05, 3.63) is 53.9 Å². The third kappa shape index (κ3) is 3.54. The summed E-state index contributed by atoms with van der Waals surface area (Å²) in [4.78, 5) is 15.7. The van der Waals surface area contributed by atoms with E-state index in [2.05, 4.69) is 20.2 Å². The summed E-state index contributed by atoms with van der Waals surface area (Å²) < 4.78 is 33.0. The highest BCUT2D eigenvalue weighted by Crippen LogP contribution is 2.27. The summed E-state index contributed by atoms with van der Waals surface area (Å²) in [6.45, 7) is 1.68.